The van der Waals surface area contributed by atoms with Gasteiger partial charge in [-0.1, -0.05) is 22.0 Å². The lowest BCUT2D eigenvalue weighted by atomic mass is 10.1. The van der Waals surface area contributed by atoms with Crippen LogP contribution in [0.4, 0.5) is 5.69 Å². The van der Waals surface area contributed by atoms with Crippen LogP contribution >= 0.6 is 15.9 Å². The third kappa shape index (κ3) is 3.97. The molecule has 1 aromatic carbocycles. The van der Waals surface area contributed by atoms with Gasteiger partial charge in [0, 0.05) is 43.4 Å². The standard InChI is InChI=1S/C14H21BrN2O/c1-17(7-8-18-2)14-9-12(15)4-3-11(14)10-16-13-5-6-13/h3-4,9,13,16H,5-8,10H2,1-2H3. The lowest BCUT2D eigenvalue weighted by Crippen LogP contribution is -2.25. The molecule has 0 atom stereocenters. The van der Waals surface area contributed by atoms with Crippen molar-refractivity contribution in [2.45, 2.75) is 25.4 Å². The van der Waals surface area contributed by atoms with Crippen LogP contribution in [0.3, 0.4) is 0 Å². The van der Waals surface area contributed by atoms with E-state index in [1.165, 1.54) is 24.1 Å². The molecule has 1 N–H and O–H groups in total. The number of nitrogens with one attached hydrogen (secondary N) is 1. The molecule has 1 fully saturated rings. The molecule has 1 saturated carbocycles. The average molecular weight is 313 g/mol. The average Bonchev–Trinajstić information content (AvgIpc) is 3.18. The zero-order valence-corrected chi connectivity index (χ0v) is 12.7. The summed E-state index contributed by atoms with van der Waals surface area (Å²) in [6, 6.07) is 7.22. The molecular weight excluding hydrogens is 292 g/mol. The molecule has 1 aliphatic carbocycles. The Morgan fingerprint density at radius 1 is 1.44 bits per heavy atom. The van der Waals surface area contributed by atoms with E-state index in [4.69, 9.17) is 4.74 Å². The maximum absolute atomic E-state index is 5.14. The molecule has 0 amide bonds. The highest BCUT2D eigenvalue weighted by Gasteiger charge is 2.20. The van der Waals surface area contributed by atoms with Gasteiger partial charge in [-0.2, -0.15) is 0 Å². The Balaban J connectivity index is 2.05. The van der Waals surface area contributed by atoms with E-state index in [1.807, 2.05) is 0 Å². The molecule has 0 heterocycles. The van der Waals surface area contributed by atoms with E-state index in [-0.39, 0.29) is 0 Å². The van der Waals surface area contributed by atoms with Crippen molar-refractivity contribution >= 4 is 21.6 Å². The summed E-state index contributed by atoms with van der Waals surface area (Å²) in [4.78, 5) is 2.25. The summed E-state index contributed by atoms with van der Waals surface area (Å²) in [6.45, 7) is 2.60. The first-order valence-corrected chi connectivity index (χ1v) is 7.22. The fourth-order valence-corrected chi connectivity index (χ4v) is 2.28. The maximum Gasteiger partial charge on any atom is 0.0637 e. The molecule has 0 unspecified atom stereocenters. The fourth-order valence-electron chi connectivity index (χ4n) is 1.93. The number of hydrogen-bond donors (Lipinski definition) is 1. The van der Waals surface area contributed by atoms with Gasteiger partial charge in [-0.25, -0.2) is 0 Å². The summed E-state index contributed by atoms with van der Waals surface area (Å²) < 4.78 is 6.27. The van der Waals surface area contributed by atoms with Crippen LogP contribution in [0.15, 0.2) is 22.7 Å². The monoisotopic (exact) mass is 312 g/mol. The first-order valence-electron chi connectivity index (χ1n) is 6.42. The van der Waals surface area contributed by atoms with Crippen LogP contribution in [0.2, 0.25) is 0 Å². The lowest BCUT2D eigenvalue weighted by Gasteiger charge is -2.22. The minimum absolute atomic E-state index is 0.741. The predicted molar refractivity (Wildman–Crippen MR) is 79.1 cm³/mol. The predicted octanol–water partition coefficient (Wildman–Crippen LogP) is 2.78. The minimum Gasteiger partial charge on any atom is -0.383 e. The first-order chi connectivity index (χ1) is 8.70. The number of halogens is 1. The van der Waals surface area contributed by atoms with E-state index in [9.17, 15) is 0 Å². The van der Waals surface area contributed by atoms with Gasteiger partial charge in [0.05, 0.1) is 6.61 Å². The SMILES string of the molecule is COCCN(C)c1cc(Br)ccc1CNC1CC1. The molecule has 0 aliphatic heterocycles. The normalized spacial score (nSPS) is 14.8. The zero-order valence-electron chi connectivity index (χ0n) is 11.1. The number of anilines is 1. The van der Waals surface area contributed by atoms with Crippen molar-refractivity contribution in [3.8, 4) is 0 Å². The van der Waals surface area contributed by atoms with Gasteiger partial charge in [0.25, 0.3) is 0 Å². The van der Waals surface area contributed by atoms with Gasteiger partial charge >= 0.3 is 0 Å². The summed E-state index contributed by atoms with van der Waals surface area (Å²) >= 11 is 3.55. The van der Waals surface area contributed by atoms with Crippen LogP contribution in [-0.4, -0.2) is 33.4 Å². The number of ether oxygens (including phenoxy) is 1. The van der Waals surface area contributed by atoms with E-state index in [1.54, 1.807) is 7.11 Å². The van der Waals surface area contributed by atoms with Gasteiger partial charge in [0.2, 0.25) is 0 Å². The molecule has 0 radical (unpaired) electrons. The molecule has 18 heavy (non-hydrogen) atoms. The van der Waals surface area contributed by atoms with Gasteiger partial charge < -0.3 is 15.0 Å². The summed E-state index contributed by atoms with van der Waals surface area (Å²) in [6.07, 6.45) is 2.65. The number of benzene rings is 1. The summed E-state index contributed by atoms with van der Waals surface area (Å²) in [5, 5.41) is 3.57. The lowest BCUT2D eigenvalue weighted by molar-refractivity contribution is 0.206. The van der Waals surface area contributed by atoms with E-state index in [2.05, 4.69) is 51.4 Å². The van der Waals surface area contributed by atoms with Crippen LogP contribution in [0.25, 0.3) is 0 Å². The van der Waals surface area contributed by atoms with Crippen LogP contribution in [0.5, 0.6) is 0 Å². The fraction of sp³-hybridized carbons (Fsp3) is 0.571. The molecule has 1 aliphatic rings. The second kappa shape index (κ2) is 6.55. The van der Waals surface area contributed by atoms with Gasteiger partial charge in [0.15, 0.2) is 0 Å². The molecular formula is C14H21BrN2O. The van der Waals surface area contributed by atoms with Crippen LogP contribution in [0, 0.1) is 0 Å². The first kappa shape index (κ1) is 13.8. The maximum atomic E-state index is 5.14. The molecule has 2 rings (SSSR count). The molecule has 1 aromatic rings. The van der Waals surface area contributed by atoms with Crippen molar-refractivity contribution in [1.29, 1.82) is 0 Å². The summed E-state index contributed by atoms with van der Waals surface area (Å²) in [5.41, 5.74) is 2.62. The topological polar surface area (TPSA) is 24.5 Å². The van der Waals surface area contributed by atoms with Gasteiger partial charge in [-0.3, -0.25) is 0 Å². The highest BCUT2D eigenvalue weighted by molar-refractivity contribution is 9.10. The van der Waals surface area contributed by atoms with Crippen LogP contribution in [-0.2, 0) is 11.3 Å². The highest BCUT2D eigenvalue weighted by atomic mass is 79.9. The minimum atomic E-state index is 0.741. The Morgan fingerprint density at radius 2 is 2.22 bits per heavy atom. The largest absolute Gasteiger partial charge is 0.383 e. The number of nitrogens with zero attached hydrogens (tertiary/aromatic N) is 1. The van der Waals surface area contributed by atoms with Crippen molar-refractivity contribution in [3.63, 3.8) is 0 Å². The second-order valence-corrected chi connectivity index (χ2v) is 5.76. The third-order valence-corrected chi connectivity index (χ3v) is 3.74. The zero-order chi connectivity index (χ0) is 13.0. The van der Waals surface area contributed by atoms with E-state index in [0.717, 1.165) is 30.2 Å². The van der Waals surface area contributed by atoms with E-state index in [0.29, 0.717) is 0 Å². The van der Waals surface area contributed by atoms with Crippen LogP contribution < -0.4 is 10.2 Å². The molecule has 0 aromatic heterocycles. The Hall–Kier alpha value is -0.580. The van der Waals surface area contributed by atoms with Gasteiger partial charge in [-0.15, -0.1) is 0 Å². The van der Waals surface area contributed by atoms with Gasteiger partial charge in [-0.05, 0) is 30.5 Å². The smallest absolute Gasteiger partial charge is 0.0637 e. The van der Waals surface area contributed by atoms with Gasteiger partial charge in [0.1, 0.15) is 0 Å². The molecule has 0 spiro atoms. The number of methoxy groups -OCH3 is 1. The molecule has 4 heteroatoms. The number of likely N-dealkylation sites (N-methyl/N-ethyl adjacent to an activating group) is 1. The summed E-state index contributed by atoms with van der Waals surface area (Å²) in [5.74, 6) is 0. The van der Waals surface area contributed by atoms with Crippen molar-refractivity contribution < 1.29 is 4.74 Å². The number of rotatable bonds is 7. The Morgan fingerprint density at radius 3 is 2.89 bits per heavy atom. The second-order valence-electron chi connectivity index (χ2n) is 4.84. The van der Waals surface area contributed by atoms with Crippen molar-refractivity contribution in [2.75, 3.05) is 32.2 Å². The molecule has 0 saturated heterocycles. The Kier molecular flexibility index (Phi) is 5.03. The highest BCUT2D eigenvalue weighted by Crippen LogP contribution is 2.26. The quantitative estimate of drug-likeness (QED) is 0.838. The summed E-state index contributed by atoms with van der Waals surface area (Å²) in [7, 11) is 3.85. The van der Waals surface area contributed by atoms with Crippen molar-refractivity contribution in [2.24, 2.45) is 0 Å². The molecule has 3 nitrogen and oxygen atoms in total. The molecule has 0 bridgehead atoms. The third-order valence-electron chi connectivity index (χ3n) is 3.25. The molecule has 100 valence electrons. The van der Waals surface area contributed by atoms with Crippen molar-refractivity contribution in [1.82, 2.24) is 5.32 Å². The van der Waals surface area contributed by atoms with E-state index >= 15 is 0 Å². The Labute approximate surface area is 118 Å². The van der Waals surface area contributed by atoms with E-state index < -0.39 is 0 Å². The Bertz CT molecular complexity index is 393. The van der Waals surface area contributed by atoms with Crippen LogP contribution in [0.1, 0.15) is 18.4 Å². The van der Waals surface area contributed by atoms with Crippen molar-refractivity contribution in [3.05, 3.63) is 28.2 Å². The number of hydrogen-bond acceptors (Lipinski definition) is 3.